The fourth-order valence-electron chi connectivity index (χ4n) is 3.80. The molecule has 2 heterocycles. The Morgan fingerprint density at radius 1 is 1.00 bits per heavy atom. The van der Waals surface area contributed by atoms with Crippen LogP contribution in [0, 0.1) is 11.3 Å². The molecule has 5 nitrogen and oxygen atoms in total. The van der Waals surface area contributed by atoms with Crippen LogP contribution in [0.1, 0.15) is 16.7 Å². The van der Waals surface area contributed by atoms with E-state index in [0.717, 1.165) is 11.1 Å². The molecule has 0 saturated carbocycles. The number of pyridine rings is 1. The Morgan fingerprint density at radius 2 is 1.62 bits per heavy atom. The van der Waals surface area contributed by atoms with Gasteiger partial charge in [0.05, 0.1) is 28.4 Å². The minimum absolute atomic E-state index is 0.0165. The predicted molar refractivity (Wildman–Crippen MR) is 138 cm³/mol. The number of nitriles is 1. The molecule has 0 saturated heterocycles. The Hall–Kier alpha value is -3.39. The molecule has 0 bridgehead atoms. The van der Waals surface area contributed by atoms with Crippen molar-refractivity contribution >= 4 is 32.8 Å². The average molecular weight is 563 g/mol. The highest BCUT2D eigenvalue weighted by molar-refractivity contribution is 7.90. The highest BCUT2D eigenvalue weighted by Gasteiger charge is 2.31. The molecule has 0 unspecified atom stereocenters. The molecule has 0 spiro atoms. The SMILES string of the molecule is CS(=O)(=O)c1ccc(-c2ccc(-c3cc(CC(F)(F)F)c(C#N)c(=O)n3Cc3ccc(Cl)cc3)s2)cc1. The largest absolute Gasteiger partial charge is 0.393 e. The number of sulfone groups is 1. The summed E-state index contributed by atoms with van der Waals surface area (Å²) in [6, 6.07) is 19.2. The van der Waals surface area contributed by atoms with Gasteiger partial charge in [0, 0.05) is 16.2 Å². The van der Waals surface area contributed by atoms with Gasteiger partial charge in [-0.2, -0.15) is 18.4 Å². The summed E-state index contributed by atoms with van der Waals surface area (Å²) in [5.41, 5.74) is -0.144. The first kappa shape index (κ1) is 26.7. The van der Waals surface area contributed by atoms with Gasteiger partial charge in [-0.05, 0) is 59.2 Å². The molecular formula is C26H18ClF3N2O3S2. The van der Waals surface area contributed by atoms with E-state index < -0.39 is 39.1 Å². The summed E-state index contributed by atoms with van der Waals surface area (Å²) in [7, 11) is -3.37. The summed E-state index contributed by atoms with van der Waals surface area (Å²) < 4.78 is 64.6. The van der Waals surface area contributed by atoms with Crippen LogP contribution in [0.2, 0.25) is 5.02 Å². The van der Waals surface area contributed by atoms with E-state index in [9.17, 15) is 31.6 Å². The second kappa shape index (κ2) is 10.2. The normalized spacial score (nSPS) is 11.9. The number of thiophene rings is 1. The minimum Gasteiger partial charge on any atom is -0.302 e. The molecule has 4 rings (SSSR count). The standard InChI is InChI=1S/C26H18ClF3N2O3S2/c1-37(34,35)20-8-4-17(5-9-20)23-10-11-24(36-23)22-12-18(13-26(28,29)30)21(14-31)25(33)32(22)15-16-2-6-19(27)7-3-16/h2-12H,13,15H2,1H3. The van der Waals surface area contributed by atoms with Crippen molar-refractivity contribution in [1.82, 2.24) is 4.57 Å². The van der Waals surface area contributed by atoms with Gasteiger partial charge in [-0.3, -0.25) is 4.79 Å². The summed E-state index contributed by atoms with van der Waals surface area (Å²) in [5, 5.41) is 10.0. The molecule has 0 N–H and O–H groups in total. The zero-order chi connectivity index (χ0) is 27.0. The van der Waals surface area contributed by atoms with Gasteiger partial charge in [-0.15, -0.1) is 11.3 Å². The van der Waals surface area contributed by atoms with Crippen LogP contribution < -0.4 is 5.56 Å². The van der Waals surface area contributed by atoms with Crippen LogP contribution in [0.3, 0.4) is 0 Å². The first-order chi connectivity index (χ1) is 17.4. The van der Waals surface area contributed by atoms with E-state index in [2.05, 4.69) is 0 Å². The number of benzene rings is 2. The first-order valence-electron chi connectivity index (χ1n) is 10.7. The molecule has 0 radical (unpaired) electrons. The van der Waals surface area contributed by atoms with E-state index in [1.807, 2.05) is 0 Å². The lowest BCUT2D eigenvalue weighted by molar-refractivity contribution is -0.127. The zero-order valence-corrected chi connectivity index (χ0v) is 21.6. The summed E-state index contributed by atoms with van der Waals surface area (Å²) >= 11 is 7.18. The molecule has 0 amide bonds. The lowest BCUT2D eigenvalue weighted by Gasteiger charge is -2.16. The molecule has 0 aliphatic heterocycles. The van der Waals surface area contributed by atoms with Crippen molar-refractivity contribution < 1.29 is 21.6 Å². The molecule has 0 aliphatic carbocycles. The third-order valence-electron chi connectivity index (χ3n) is 5.56. The number of halogens is 4. The van der Waals surface area contributed by atoms with Gasteiger partial charge in [0.25, 0.3) is 5.56 Å². The fourth-order valence-corrected chi connectivity index (χ4v) is 5.60. The summed E-state index contributed by atoms with van der Waals surface area (Å²) in [5.74, 6) is 0. The van der Waals surface area contributed by atoms with E-state index >= 15 is 0 Å². The molecule has 11 heteroatoms. The Morgan fingerprint density at radius 3 is 2.19 bits per heavy atom. The number of aromatic nitrogens is 1. The molecule has 0 aliphatic rings. The lowest BCUT2D eigenvalue weighted by atomic mass is 10.0. The summed E-state index contributed by atoms with van der Waals surface area (Å²) in [4.78, 5) is 14.7. The molecule has 4 aromatic rings. The van der Waals surface area contributed by atoms with Crippen LogP contribution in [0.5, 0.6) is 0 Å². The van der Waals surface area contributed by atoms with Crippen LogP contribution in [0.25, 0.3) is 21.0 Å². The van der Waals surface area contributed by atoms with E-state index in [4.69, 9.17) is 11.6 Å². The van der Waals surface area contributed by atoms with Crippen molar-refractivity contribution in [1.29, 1.82) is 5.26 Å². The van der Waals surface area contributed by atoms with Crippen molar-refractivity contribution in [3.63, 3.8) is 0 Å². The van der Waals surface area contributed by atoms with Gasteiger partial charge in [0.1, 0.15) is 11.6 Å². The quantitative estimate of drug-likeness (QED) is 0.275. The number of nitrogens with zero attached hydrogens (tertiary/aromatic N) is 2. The van der Waals surface area contributed by atoms with Gasteiger partial charge in [0.15, 0.2) is 9.84 Å². The zero-order valence-electron chi connectivity index (χ0n) is 19.2. The van der Waals surface area contributed by atoms with Crippen molar-refractivity contribution in [3.8, 4) is 27.1 Å². The lowest BCUT2D eigenvalue weighted by Crippen LogP contribution is -2.27. The van der Waals surface area contributed by atoms with E-state index in [1.165, 1.54) is 34.1 Å². The Balaban J connectivity index is 1.85. The Kier molecular flexibility index (Phi) is 7.33. The van der Waals surface area contributed by atoms with Crippen LogP contribution in [-0.4, -0.2) is 25.4 Å². The van der Waals surface area contributed by atoms with Gasteiger partial charge >= 0.3 is 6.18 Å². The molecule has 0 atom stereocenters. The van der Waals surface area contributed by atoms with Gasteiger partial charge in [-0.25, -0.2) is 8.42 Å². The molecule has 2 aromatic carbocycles. The number of alkyl halides is 3. The predicted octanol–water partition coefficient (Wildman–Crippen LogP) is 6.33. The molecule has 190 valence electrons. The van der Waals surface area contributed by atoms with E-state index in [0.29, 0.717) is 21.0 Å². The minimum atomic E-state index is -4.61. The van der Waals surface area contributed by atoms with E-state index in [1.54, 1.807) is 54.6 Å². The third-order valence-corrected chi connectivity index (χ3v) is 8.10. The highest BCUT2D eigenvalue weighted by Crippen LogP contribution is 2.36. The van der Waals surface area contributed by atoms with E-state index in [-0.39, 0.29) is 17.1 Å². The average Bonchev–Trinajstić information content (AvgIpc) is 3.31. The molecule has 0 fully saturated rings. The van der Waals surface area contributed by atoms with Crippen molar-refractivity contribution in [2.45, 2.75) is 24.0 Å². The number of hydrogen-bond acceptors (Lipinski definition) is 5. The molecular weight excluding hydrogens is 545 g/mol. The van der Waals surface area contributed by atoms with Crippen LogP contribution in [0.4, 0.5) is 13.2 Å². The molecule has 37 heavy (non-hydrogen) atoms. The third kappa shape index (κ3) is 6.13. The maximum atomic E-state index is 13.3. The van der Waals surface area contributed by atoms with Crippen molar-refractivity contribution in [2.75, 3.05) is 6.26 Å². The topological polar surface area (TPSA) is 79.9 Å². The second-order valence-corrected chi connectivity index (χ2v) is 11.8. The summed E-state index contributed by atoms with van der Waals surface area (Å²) in [6.07, 6.45) is -4.92. The Labute approximate surface area is 219 Å². The van der Waals surface area contributed by atoms with Crippen LogP contribution in [0.15, 0.2) is 76.4 Å². The monoisotopic (exact) mass is 562 g/mol. The second-order valence-electron chi connectivity index (χ2n) is 8.31. The molecule has 2 aromatic heterocycles. The van der Waals surface area contributed by atoms with Gasteiger partial charge in [-0.1, -0.05) is 35.9 Å². The smallest absolute Gasteiger partial charge is 0.302 e. The van der Waals surface area contributed by atoms with Gasteiger partial charge in [0.2, 0.25) is 0 Å². The van der Waals surface area contributed by atoms with Crippen molar-refractivity contribution in [3.05, 3.63) is 98.8 Å². The Bertz CT molecular complexity index is 1670. The van der Waals surface area contributed by atoms with Crippen LogP contribution in [-0.2, 0) is 22.8 Å². The highest BCUT2D eigenvalue weighted by atomic mass is 35.5. The maximum Gasteiger partial charge on any atom is 0.393 e. The van der Waals surface area contributed by atoms with Crippen molar-refractivity contribution in [2.24, 2.45) is 0 Å². The number of rotatable bonds is 6. The summed E-state index contributed by atoms with van der Waals surface area (Å²) in [6.45, 7) is 0.0165. The number of hydrogen-bond donors (Lipinski definition) is 0. The first-order valence-corrected chi connectivity index (χ1v) is 13.8. The fraction of sp³-hybridized carbons (Fsp3) is 0.154. The van der Waals surface area contributed by atoms with Gasteiger partial charge < -0.3 is 4.57 Å². The van der Waals surface area contributed by atoms with Crippen LogP contribution >= 0.6 is 22.9 Å². The maximum absolute atomic E-state index is 13.3.